The Kier molecular flexibility index (Phi) is 3.35. The van der Waals surface area contributed by atoms with Crippen molar-refractivity contribution in [1.29, 1.82) is 0 Å². The number of fused-ring (bicyclic) bond motifs is 1. The predicted octanol–water partition coefficient (Wildman–Crippen LogP) is 2.54. The normalized spacial score (nSPS) is 27.3. The van der Waals surface area contributed by atoms with Gasteiger partial charge >= 0.3 is 0 Å². The van der Waals surface area contributed by atoms with E-state index in [1.165, 1.54) is 6.42 Å². The van der Waals surface area contributed by atoms with E-state index in [1.807, 2.05) is 0 Å². The van der Waals surface area contributed by atoms with E-state index in [9.17, 15) is 13.2 Å². The van der Waals surface area contributed by atoms with Crippen molar-refractivity contribution >= 4 is 5.82 Å². The highest BCUT2D eigenvalue weighted by atomic mass is 19.2. The second kappa shape index (κ2) is 5.00. The van der Waals surface area contributed by atoms with Gasteiger partial charge in [-0.25, -0.2) is 8.78 Å². The van der Waals surface area contributed by atoms with Crippen molar-refractivity contribution in [3.63, 3.8) is 0 Å². The molecule has 0 aromatic carbocycles. The summed E-state index contributed by atoms with van der Waals surface area (Å²) in [6.45, 7) is 2.10. The average molecular weight is 271 g/mol. The summed E-state index contributed by atoms with van der Waals surface area (Å²) in [5, 5.41) is 2.91. The number of halogens is 3. The van der Waals surface area contributed by atoms with E-state index < -0.39 is 17.6 Å². The van der Waals surface area contributed by atoms with Crippen LogP contribution in [0, 0.1) is 17.6 Å². The van der Waals surface area contributed by atoms with Gasteiger partial charge in [0.25, 0.3) is 5.95 Å². The Labute approximate surface area is 109 Å². The zero-order valence-corrected chi connectivity index (χ0v) is 10.5. The second-order valence-electron chi connectivity index (χ2n) is 5.29. The van der Waals surface area contributed by atoms with Gasteiger partial charge in [0.2, 0.25) is 0 Å². The molecule has 2 atom stereocenters. The Morgan fingerprint density at radius 2 is 2.00 bits per heavy atom. The van der Waals surface area contributed by atoms with Gasteiger partial charge in [-0.05, 0) is 32.2 Å². The number of anilines is 1. The minimum atomic E-state index is -1.26. The third-order valence-corrected chi connectivity index (χ3v) is 4.05. The standard InChI is InChI=1S/C13H16F3N3/c14-10-7-11(15)13(18-12(10)16)17-8-3-5-19-4-1-2-9(19)6-8/h7-9H,1-6H2,(H,17,18). The van der Waals surface area contributed by atoms with Crippen LogP contribution >= 0.6 is 0 Å². The summed E-state index contributed by atoms with van der Waals surface area (Å²) in [5.74, 6) is -3.54. The van der Waals surface area contributed by atoms with E-state index in [1.54, 1.807) is 0 Å². The fourth-order valence-electron chi connectivity index (χ4n) is 3.09. The van der Waals surface area contributed by atoms with Crippen LogP contribution in [-0.2, 0) is 0 Å². The van der Waals surface area contributed by atoms with Crippen molar-refractivity contribution in [1.82, 2.24) is 9.88 Å². The van der Waals surface area contributed by atoms with Crippen molar-refractivity contribution in [2.45, 2.75) is 37.8 Å². The molecule has 0 aliphatic carbocycles. The first-order valence-electron chi connectivity index (χ1n) is 6.65. The molecule has 2 saturated heterocycles. The number of hydrogen-bond acceptors (Lipinski definition) is 3. The number of rotatable bonds is 2. The Bertz CT molecular complexity index is 480. The van der Waals surface area contributed by atoms with Crippen molar-refractivity contribution in [3.05, 3.63) is 23.6 Å². The largest absolute Gasteiger partial charge is 0.365 e. The Balaban J connectivity index is 1.70. The first-order valence-corrected chi connectivity index (χ1v) is 6.65. The predicted molar refractivity (Wildman–Crippen MR) is 65.4 cm³/mol. The van der Waals surface area contributed by atoms with Gasteiger partial charge in [-0.15, -0.1) is 0 Å². The van der Waals surface area contributed by atoms with Gasteiger partial charge in [-0.1, -0.05) is 0 Å². The van der Waals surface area contributed by atoms with Crippen LogP contribution in [0.5, 0.6) is 0 Å². The molecule has 1 aromatic heterocycles. The Morgan fingerprint density at radius 3 is 2.84 bits per heavy atom. The van der Waals surface area contributed by atoms with Crippen molar-refractivity contribution in [3.8, 4) is 0 Å². The molecule has 2 aliphatic rings. The average Bonchev–Trinajstić information content (AvgIpc) is 2.83. The maximum Gasteiger partial charge on any atom is 0.251 e. The van der Waals surface area contributed by atoms with Crippen molar-refractivity contribution in [2.24, 2.45) is 0 Å². The number of aromatic nitrogens is 1. The van der Waals surface area contributed by atoms with Crippen LogP contribution in [-0.4, -0.2) is 35.1 Å². The zero-order valence-electron chi connectivity index (χ0n) is 10.5. The third-order valence-electron chi connectivity index (χ3n) is 4.05. The van der Waals surface area contributed by atoms with Gasteiger partial charge in [0.1, 0.15) is 0 Å². The molecular weight excluding hydrogens is 255 g/mol. The number of hydrogen-bond donors (Lipinski definition) is 1. The molecule has 1 N–H and O–H groups in total. The van der Waals surface area contributed by atoms with E-state index in [0.29, 0.717) is 12.1 Å². The topological polar surface area (TPSA) is 28.2 Å². The van der Waals surface area contributed by atoms with Crippen LogP contribution in [0.4, 0.5) is 19.0 Å². The van der Waals surface area contributed by atoms with E-state index in [4.69, 9.17) is 0 Å². The molecule has 1 aromatic rings. The summed E-state index contributed by atoms with van der Waals surface area (Å²) in [5.41, 5.74) is 0. The highest BCUT2D eigenvalue weighted by molar-refractivity contribution is 5.37. The minimum absolute atomic E-state index is 0.0752. The van der Waals surface area contributed by atoms with Gasteiger partial charge in [0.15, 0.2) is 17.5 Å². The molecule has 19 heavy (non-hydrogen) atoms. The molecule has 0 radical (unpaired) electrons. The van der Waals surface area contributed by atoms with Gasteiger partial charge in [-0.2, -0.15) is 9.37 Å². The summed E-state index contributed by atoms with van der Waals surface area (Å²) in [4.78, 5) is 5.75. The summed E-state index contributed by atoms with van der Waals surface area (Å²) in [6.07, 6.45) is 4.14. The van der Waals surface area contributed by atoms with Crippen LogP contribution < -0.4 is 5.32 Å². The van der Waals surface area contributed by atoms with Crippen LogP contribution in [0.15, 0.2) is 6.07 Å². The molecule has 0 amide bonds. The second-order valence-corrected chi connectivity index (χ2v) is 5.29. The molecule has 3 nitrogen and oxygen atoms in total. The Morgan fingerprint density at radius 1 is 1.16 bits per heavy atom. The number of nitrogens with one attached hydrogen (secondary N) is 1. The summed E-state index contributed by atoms with van der Waals surface area (Å²) < 4.78 is 39.3. The fraction of sp³-hybridized carbons (Fsp3) is 0.615. The molecule has 2 aliphatic heterocycles. The smallest absolute Gasteiger partial charge is 0.251 e. The zero-order chi connectivity index (χ0) is 13.4. The van der Waals surface area contributed by atoms with Crippen LogP contribution in [0.2, 0.25) is 0 Å². The van der Waals surface area contributed by atoms with E-state index in [2.05, 4.69) is 15.2 Å². The Hall–Kier alpha value is -1.30. The van der Waals surface area contributed by atoms with Gasteiger partial charge in [-0.3, -0.25) is 0 Å². The first-order chi connectivity index (χ1) is 9.13. The quantitative estimate of drug-likeness (QED) is 0.838. The molecule has 2 unspecified atom stereocenters. The van der Waals surface area contributed by atoms with Crippen LogP contribution in [0.25, 0.3) is 0 Å². The SMILES string of the molecule is Fc1cc(F)c(NC2CCN3CCCC3C2)nc1F. The summed E-state index contributed by atoms with van der Waals surface area (Å²) >= 11 is 0. The highest BCUT2D eigenvalue weighted by Gasteiger charge is 2.32. The fourth-order valence-corrected chi connectivity index (χ4v) is 3.09. The van der Waals surface area contributed by atoms with Crippen LogP contribution in [0.1, 0.15) is 25.7 Å². The molecule has 0 saturated carbocycles. The maximum absolute atomic E-state index is 13.5. The molecule has 6 heteroatoms. The third kappa shape index (κ3) is 2.54. The summed E-state index contributed by atoms with van der Waals surface area (Å²) in [6, 6.07) is 1.14. The number of piperidine rings is 1. The molecular formula is C13H16F3N3. The molecule has 104 valence electrons. The summed E-state index contributed by atoms with van der Waals surface area (Å²) in [7, 11) is 0. The highest BCUT2D eigenvalue weighted by Crippen LogP contribution is 2.28. The molecule has 3 heterocycles. The lowest BCUT2D eigenvalue weighted by Crippen LogP contribution is -2.43. The molecule has 0 bridgehead atoms. The molecule has 3 rings (SSSR count). The van der Waals surface area contributed by atoms with E-state index in [0.717, 1.165) is 32.4 Å². The van der Waals surface area contributed by atoms with Crippen molar-refractivity contribution in [2.75, 3.05) is 18.4 Å². The lowest BCUT2D eigenvalue weighted by Gasteiger charge is -2.35. The number of pyridine rings is 1. The molecule has 0 spiro atoms. The van der Waals surface area contributed by atoms with E-state index in [-0.39, 0.29) is 11.9 Å². The van der Waals surface area contributed by atoms with Gasteiger partial charge in [0, 0.05) is 24.7 Å². The molecule has 2 fully saturated rings. The minimum Gasteiger partial charge on any atom is -0.365 e. The van der Waals surface area contributed by atoms with Gasteiger partial charge < -0.3 is 10.2 Å². The number of nitrogens with zero attached hydrogens (tertiary/aromatic N) is 2. The van der Waals surface area contributed by atoms with Gasteiger partial charge in [0.05, 0.1) is 0 Å². The first kappa shape index (κ1) is 12.7. The van der Waals surface area contributed by atoms with E-state index >= 15 is 0 Å². The van der Waals surface area contributed by atoms with Crippen LogP contribution in [0.3, 0.4) is 0 Å². The lowest BCUT2D eigenvalue weighted by molar-refractivity contribution is 0.187. The maximum atomic E-state index is 13.5. The lowest BCUT2D eigenvalue weighted by atomic mass is 9.97. The van der Waals surface area contributed by atoms with Crippen molar-refractivity contribution < 1.29 is 13.2 Å². The monoisotopic (exact) mass is 271 g/mol.